The number of ether oxygens (including phenoxy) is 1. The van der Waals surface area contributed by atoms with Crippen LogP contribution in [0.1, 0.15) is 50.7 Å². The molecule has 1 nitrogen and oxygen atoms in total. The topological polar surface area (TPSA) is 9.23 Å². The van der Waals surface area contributed by atoms with Crippen molar-refractivity contribution in [3.63, 3.8) is 0 Å². The highest BCUT2D eigenvalue weighted by Crippen LogP contribution is 2.34. The summed E-state index contributed by atoms with van der Waals surface area (Å²) in [6.45, 7) is 2.28. The van der Waals surface area contributed by atoms with Crippen LogP contribution in [0.5, 0.6) is 0 Å². The van der Waals surface area contributed by atoms with Crippen LogP contribution in [0.15, 0.2) is 24.3 Å². The highest BCUT2D eigenvalue weighted by atomic mass is 79.9. The highest BCUT2D eigenvalue weighted by molar-refractivity contribution is 9.09. The Balaban J connectivity index is 2.01. The number of alkyl halides is 1. The van der Waals surface area contributed by atoms with E-state index in [1.165, 1.54) is 32.1 Å². The largest absolute Gasteiger partial charge is 0.369 e. The second-order valence-electron chi connectivity index (χ2n) is 5.36. The molecule has 0 aromatic heterocycles. The highest BCUT2D eigenvalue weighted by Gasteiger charge is 2.25. The zero-order chi connectivity index (χ0) is 13.7. The molecule has 0 spiro atoms. The molecule has 2 rings (SSSR count). The minimum atomic E-state index is 0.0642. The molecule has 3 heteroatoms. The van der Waals surface area contributed by atoms with E-state index < -0.39 is 0 Å². The maximum Gasteiger partial charge on any atom is 0.0939 e. The van der Waals surface area contributed by atoms with E-state index in [4.69, 9.17) is 16.3 Å². The molecule has 0 aliphatic heterocycles. The van der Waals surface area contributed by atoms with Crippen molar-refractivity contribution >= 4 is 27.5 Å². The van der Waals surface area contributed by atoms with Crippen LogP contribution in [0.25, 0.3) is 0 Å². The van der Waals surface area contributed by atoms with Crippen LogP contribution in [-0.2, 0) is 4.74 Å². The predicted molar refractivity (Wildman–Crippen MR) is 85.1 cm³/mol. The Morgan fingerprint density at radius 3 is 2.84 bits per heavy atom. The molecule has 1 saturated carbocycles. The summed E-state index contributed by atoms with van der Waals surface area (Å²) < 4.78 is 6.31. The molecule has 106 valence electrons. The van der Waals surface area contributed by atoms with E-state index in [1.807, 2.05) is 18.2 Å². The Bertz CT molecular complexity index is 396. The number of hydrogen-bond acceptors (Lipinski definition) is 1. The molecule has 0 N–H and O–H groups in total. The van der Waals surface area contributed by atoms with Gasteiger partial charge in [0.05, 0.1) is 12.2 Å². The van der Waals surface area contributed by atoms with Gasteiger partial charge < -0.3 is 4.74 Å². The molecule has 1 aromatic carbocycles. The van der Waals surface area contributed by atoms with Crippen LogP contribution >= 0.6 is 27.5 Å². The van der Waals surface area contributed by atoms with Gasteiger partial charge in [-0.1, -0.05) is 71.9 Å². The lowest BCUT2D eigenvalue weighted by molar-refractivity contribution is -0.0312. The monoisotopic (exact) mass is 344 g/mol. The van der Waals surface area contributed by atoms with Crippen molar-refractivity contribution in [2.45, 2.75) is 51.2 Å². The molecule has 3 atom stereocenters. The Morgan fingerprint density at radius 2 is 2.16 bits per heavy atom. The van der Waals surface area contributed by atoms with E-state index in [0.717, 1.165) is 21.8 Å². The molecule has 19 heavy (non-hydrogen) atoms. The first-order chi connectivity index (χ1) is 9.24. The summed E-state index contributed by atoms with van der Waals surface area (Å²) in [5.74, 6) is 0.834. The molecule has 0 bridgehead atoms. The van der Waals surface area contributed by atoms with Crippen LogP contribution in [-0.4, -0.2) is 11.4 Å². The van der Waals surface area contributed by atoms with Crippen molar-refractivity contribution in [1.82, 2.24) is 0 Å². The maximum absolute atomic E-state index is 6.31. The second kappa shape index (κ2) is 7.66. The Hall–Kier alpha value is -0.0500. The van der Waals surface area contributed by atoms with E-state index >= 15 is 0 Å². The number of hydrogen-bond donors (Lipinski definition) is 0. The first-order valence-corrected chi connectivity index (χ1v) is 8.70. The molecule has 0 heterocycles. The van der Waals surface area contributed by atoms with Crippen LogP contribution in [0.2, 0.25) is 5.02 Å². The average Bonchev–Trinajstić information content (AvgIpc) is 2.46. The molecule has 3 unspecified atom stereocenters. The van der Waals surface area contributed by atoms with Crippen molar-refractivity contribution in [2.75, 3.05) is 5.33 Å². The van der Waals surface area contributed by atoms with Crippen molar-refractivity contribution in [2.24, 2.45) is 5.92 Å². The van der Waals surface area contributed by atoms with Crippen molar-refractivity contribution in [3.05, 3.63) is 34.9 Å². The van der Waals surface area contributed by atoms with Gasteiger partial charge in [0.2, 0.25) is 0 Å². The van der Waals surface area contributed by atoms with Crippen molar-refractivity contribution < 1.29 is 4.74 Å². The lowest BCUT2D eigenvalue weighted by Crippen LogP contribution is -2.25. The van der Waals surface area contributed by atoms with Gasteiger partial charge in [-0.15, -0.1) is 0 Å². The van der Waals surface area contributed by atoms with Gasteiger partial charge in [-0.3, -0.25) is 0 Å². The van der Waals surface area contributed by atoms with E-state index in [1.54, 1.807) is 0 Å². The number of rotatable bonds is 5. The molecule has 0 saturated heterocycles. The third kappa shape index (κ3) is 4.21. The number of halogens is 2. The summed E-state index contributed by atoms with van der Waals surface area (Å²) in [7, 11) is 0. The molecule has 1 aliphatic rings. The van der Waals surface area contributed by atoms with Crippen LogP contribution in [0.3, 0.4) is 0 Å². The molecular weight excluding hydrogens is 324 g/mol. The molecule has 1 aliphatic carbocycles. The van der Waals surface area contributed by atoms with Gasteiger partial charge in [0.25, 0.3) is 0 Å². The fraction of sp³-hybridized carbons (Fsp3) is 0.625. The zero-order valence-corrected chi connectivity index (χ0v) is 13.8. The first kappa shape index (κ1) is 15.3. The van der Waals surface area contributed by atoms with Gasteiger partial charge in [0, 0.05) is 15.9 Å². The predicted octanol–water partition coefficient (Wildman–Crippen LogP) is 5.76. The molecule has 1 aromatic rings. The lowest BCUT2D eigenvalue weighted by Gasteiger charge is -2.31. The van der Waals surface area contributed by atoms with Crippen LogP contribution in [0, 0.1) is 5.92 Å². The fourth-order valence-corrected chi connectivity index (χ4v) is 3.66. The maximum atomic E-state index is 6.31. The van der Waals surface area contributed by atoms with Gasteiger partial charge in [-0.05, 0) is 24.8 Å². The van der Waals surface area contributed by atoms with Gasteiger partial charge in [-0.25, -0.2) is 0 Å². The van der Waals surface area contributed by atoms with Crippen molar-refractivity contribution in [1.29, 1.82) is 0 Å². The lowest BCUT2D eigenvalue weighted by atomic mass is 9.85. The molecular formula is C16H22BrClO. The molecule has 0 amide bonds. The summed E-state index contributed by atoms with van der Waals surface area (Å²) in [4.78, 5) is 0. The van der Waals surface area contributed by atoms with Crippen molar-refractivity contribution in [3.8, 4) is 0 Å². The average molecular weight is 346 g/mol. The SMILES string of the molecule is CCC1CCCC(OC(CBr)c2ccccc2Cl)C1. The summed E-state index contributed by atoms with van der Waals surface area (Å²) >= 11 is 9.83. The van der Waals surface area contributed by atoms with E-state index in [9.17, 15) is 0 Å². The van der Waals surface area contributed by atoms with Crippen LogP contribution < -0.4 is 0 Å². The second-order valence-corrected chi connectivity index (χ2v) is 6.42. The normalized spacial score (nSPS) is 25.2. The Kier molecular flexibility index (Phi) is 6.18. The van der Waals surface area contributed by atoms with Gasteiger partial charge in [0.15, 0.2) is 0 Å². The molecule has 0 radical (unpaired) electrons. The Morgan fingerprint density at radius 1 is 1.37 bits per heavy atom. The summed E-state index contributed by atoms with van der Waals surface area (Å²) in [5, 5.41) is 1.60. The summed E-state index contributed by atoms with van der Waals surface area (Å²) in [5.41, 5.74) is 1.10. The van der Waals surface area contributed by atoms with E-state index in [-0.39, 0.29) is 6.10 Å². The van der Waals surface area contributed by atoms with E-state index in [0.29, 0.717) is 6.10 Å². The number of benzene rings is 1. The van der Waals surface area contributed by atoms with Crippen LogP contribution in [0.4, 0.5) is 0 Å². The zero-order valence-electron chi connectivity index (χ0n) is 11.4. The standard InChI is InChI=1S/C16H22BrClO/c1-2-12-6-5-7-13(10-12)19-16(11-17)14-8-3-4-9-15(14)18/h3-4,8-9,12-13,16H,2,5-7,10-11H2,1H3. The third-order valence-electron chi connectivity index (χ3n) is 4.06. The fourth-order valence-electron chi connectivity index (χ4n) is 2.90. The van der Waals surface area contributed by atoms with Gasteiger partial charge >= 0.3 is 0 Å². The quantitative estimate of drug-likeness (QED) is 0.616. The third-order valence-corrected chi connectivity index (χ3v) is 4.99. The van der Waals surface area contributed by atoms with E-state index in [2.05, 4.69) is 28.9 Å². The summed E-state index contributed by atoms with van der Waals surface area (Å²) in [6, 6.07) is 7.99. The summed E-state index contributed by atoms with van der Waals surface area (Å²) in [6.07, 6.45) is 6.76. The smallest absolute Gasteiger partial charge is 0.0939 e. The Labute approximate surface area is 129 Å². The molecule has 1 fully saturated rings. The minimum absolute atomic E-state index is 0.0642. The van der Waals surface area contributed by atoms with Gasteiger partial charge in [0.1, 0.15) is 0 Å². The van der Waals surface area contributed by atoms with Gasteiger partial charge in [-0.2, -0.15) is 0 Å². The minimum Gasteiger partial charge on any atom is -0.369 e. The first-order valence-electron chi connectivity index (χ1n) is 7.20.